The van der Waals surface area contributed by atoms with Crippen LogP contribution in [0.2, 0.25) is 0 Å². The van der Waals surface area contributed by atoms with Gasteiger partial charge in [-0.15, -0.1) is 11.3 Å². The minimum absolute atomic E-state index is 0.219. The highest BCUT2D eigenvalue weighted by molar-refractivity contribution is 7.13. The van der Waals surface area contributed by atoms with Crippen LogP contribution in [0.4, 0.5) is 10.9 Å². The van der Waals surface area contributed by atoms with E-state index in [9.17, 15) is 4.79 Å². The van der Waals surface area contributed by atoms with E-state index in [0.717, 1.165) is 35.6 Å². The first kappa shape index (κ1) is 18.7. The van der Waals surface area contributed by atoms with Crippen LogP contribution < -0.4 is 10.2 Å². The molecule has 4 heterocycles. The highest BCUT2D eigenvalue weighted by atomic mass is 32.1. The maximum atomic E-state index is 12.8. The number of aromatic nitrogens is 3. The Morgan fingerprint density at radius 2 is 1.97 bits per heavy atom. The van der Waals surface area contributed by atoms with E-state index in [4.69, 9.17) is 9.72 Å². The fourth-order valence-corrected chi connectivity index (χ4v) is 4.01. The largest absolute Gasteiger partial charge is 0.378 e. The molecule has 7 nitrogen and oxygen atoms in total. The molecular formula is C22H19N5O2S. The van der Waals surface area contributed by atoms with Gasteiger partial charge in [-0.3, -0.25) is 10.1 Å². The van der Waals surface area contributed by atoms with Crippen molar-refractivity contribution in [2.24, 2.45) is 0 Å². The summed E-state index contributed by atoms with van der Waals surface area (Å²) in [5, 5.41) is 6.14. The maximum absolute atomic E-state index is 12.8. The number of fused-ring (bicyclic) bond motifs is 1. The number of para-hydroxylation sites is 1. The highest BCUT2D eigenvalue weighted by Crippen LogP contribution is 2.26. The van der Waals surface area contributed by atoms with Crippen molar-refractivity contribution in [3.05, 3.63) is 65.8 Å². The van der Waals surface area contributed by atoms with E-state index in [2.05, 4.69) is 20.2 Å². The summed E-state index contributed by atoms with van der Waals surface area (Å²) in [5.41, 5.74) is 2.94. The molecule has 0 bridgehead atoms. The van der Waals surface area contributed by atoms with Crippen molar-refractivity contribution in [3.8, 4) is 11.3 Å². The van der Waals surface area contributed by atoms with Crippen LogP contribution in [0, 0.1) is 0 Å². The summed E-state index contributed by atoms with van der Waals surface area (Å²) < 4.78 is 5.43. The second kappa shape index (κ2) is 8.17. The van der Waals surface area contributed by atoms with Crippen LogP contribution in [0.15, 0.2) is 60.2 Å². The first-order valence-electron chi connectivity index (χ1n) is 9.68. The van der Waals surface area contributed by atoms with Crippen LogP contribution in [-0.2, 0) is 4.74 Å². The van der Waals surface area contributed by atoms with Crippen molar-refractivity contribution in [3.63, 3.8) is 0 Å². The lowest BCUT2D eigenvalue weighted by Gasteiger charge is -2.28. The zero-order chi connectivity index (χ0) is 20.3. The molecule has 5 rings (SSSR count). The van der Waals surface area contributed by atoms with Gasteiger partial charge in [0.15, 0.2) is 5.13 Å². The number of pyridine rings is 2. The fourth-order valence-electron chi connectivity index (χ4n) is 3.48. The zero-order valence-electron chi connectivity index (χ0n) is 16.1. The standard InChI is InChI=1S/C22H19N5O2S/c28-21(26-22-24-8-13-30-22)17-3-1-2-15-4-5-18(25-20(15)17)16-6-7-23-19(14-16)27-9-11-29-12-10-27/h1-8,13-14H,9-12H2,(H,24,26,28). The predicted octanol–water partition coefficient (Wildman–Crippen LogP) is 3.84. The first-order valence-corrected chi connectivity index (χ1v) is 10.6. The number of nitrogens with one attached hydrogen (secondary N) is 1. The molecule has 8 heteroatoms. The van der Waals surface area contributed by atoms with Crippen molar-refractivity contribution in [2.45, 2.75) is 0 Å². The Kier molecular flexibility index (Phi) is 5.08. The van der Waals surface area contributed by atoms with Crippen molar-refractivity contribution in [1.82, 2.24) is 15.0 Å². The number of rotatable bonds is 4. The Bertz CT molecular complexity index is 1190. The lowest BCUT2D eigenvalue weighted by atomic mass is 10.1. The molecule has 30 heavy (non-hydrogen) atoms. The van der Waals surface area contributed by atoms with Crippen molar-refractivity contribution in [1.29, 1.82) is 0 Å². The normalized spacial score (nSPS) is 14.1. The van der Waals surface area contributed by atoms with Crippen LogP contribution in [0.1, 0.15) is 10.4 Å². The van der Waals surface area contributed by atoms with E-state index in [0.29, 0.717) is 29.4 Å². The summed E-state index contributed by atoms with van der Waals surface area (Å²) in [6.07, 6.45) is 3.46. The van der Waals surface area contributed by atoms with E-state index < -0.39 is 0 Å². The summed E-state index contributed by atoms with van der Waals surface area (Å²) in [6.45, 7) is 3.06. The quantitative estimate of drug-likeness (QED) is 0.543. The van der Waals surface area contributed by atoms with E-state index in [1.807, 2.05) is 41.8 Å². The highest BCUT2D eigenvalue weighted by Gasteiger charge is 2.15. The van der Waals surface area contributed by atoms with Gasteiger partial charge in [0.2, 0.25) is 0 Å². The van der Waals surface area contributed by atoms with Gasteiger partial charge in [0.25, 0.3) is 5.91 Å². The van der Waals surface area contributed by atoms with Gasteiger partial charge >= 0.3 is 0 Å². The molecule has 1 aliphatic rings. The number of morpholine rings is 1. The number of nitrogens with zero attached hydrogens (tertiary/aromatic N) is 4. The Balaban J connectivity index is 1.51. The van der Waals surface area contributed by atoms with Crippen LogP contribution in [0.3, 0.4) is 0 Å². The number of hydrogen-bond acceptors (Lipinski definition) is 7. The molecule has 0 radical (unpaired) electrons. The molecule has 1 N–H and O–H groups in total. The van der Waals surface area contributed by atoms with E-state index in [-0.39, 0.29) is 5.91 Å². The number of ether oxygens (including phenoxy) is 1. The SMILES string of the molecule is O=C(Nc1nccs1)c1cccc2ccc(-c3ccnc(N4CCOCC4)c3)nc12. The topological polar surface area (TPSA) is 80.2 Å². The van der Waals surface area contributed by atoms with Crippen molar-refractivity contribution in [2.75, 3.05) is 36.5 Å². The van der Waals surface area contributed by atoms with E-state index in [1.54, 1.807) is 18.5 Å². The third-order valence-electron chi connectivity index (χ3n) is 4.99. The zero-order valence-corrected chi connectivity index (χ0v) is 16.9. The van der Waals surface area contributed by atoms with Gasteiger partial charge in [-0.05, 0) is 24.3 Å². The van der Waals surface area contributed by atoms with Crippen LogP contribution in [0.25, 0.3) is 22.2 Å². The van der Waals surface area contributed by atoms with Gasteiger partial charge in [-0.25, -0.2) is 15.0 Å². The molecule has 0 spiro atoms. The van der Waals surface area contributed by atoms with E-state index >= 15 is 0 Å². The number of thiazole rings is 1. The molecule has 0 saturated carbocycles. The molecule has 1 aromatic carbocycles. The van der Waals surface area contributed by atoms with Gasteiger partial charge in [-0.1, -0.05) is 18.2 Å². The van der Waals surface area contributed by atoms with Gasteiger partial charge in [-0.2, -0.15) is 0 Å². The fraction of sp³-hybridized carbons (Fsp3) is 0.182. The second-order valence-corrected chi connectivity index (χ2v) is 7.76. The smallest absolute Gasteiger partial charge is 0.259 e. The molecule has 1 saturated heterocycles. The maximum Gasteiger partial charge on any atom is 0.259 e. The number of anilines is 2. The average Bonchev–Trinajstić information content (AvgIpc) is 3.32. The molecule has 150 valence electrons. The number of amides is 1. The lowest BCUT2D eigenvalue weighted by Crippen LogP contribution is -2.36. The molecule has 1 amide bonds. The molecule has 1 fully saturated rings. The molecule has 1 aliphatic heterocycles. The third-order valence-corrected chi connectivity index (χ3v) is 5.68. The molecule has 0 aliphatic carbocycles. The van der Waals surface area contributed by atoms with Gasteiger partial charge in [0.1, 0.15) is 5.82 Å². The summed E-state index contributed by atoms with van der Waals surface area (Å²) in [6, 6.07) is 13.6. The number of carbonyl (C=O) groups excluding carboxylic acids is 1. The Hall–Kier alpha value is -3.36. The second-order valence-electron chi connectivity index (χ2n) is 6.87. The van der Waals surface area contributed by atoms with Crippen molar-refractivity contribution >= 4 is 39.1 Å². The summed E-state index contributed by atoms with van der Waals surface area (Å²) >= 11 is 1.38. The number of benzene rings is 1. The van der Waals surface area contributed by atoms with Gasteiger partial charge in [0, 0.05) is 41.8 Å². The average molecular weight is 417 g/mol. The minimum Gasteiger partial charge on any atom is -0.378 e. The third kappa shape index (κ3) is 3.74. The molecule has 4 aromatic rings. The number of carbonyl (C=O) groups is 1. The Labute approximate surface area is 177 Å². The van der Waals surface area contributed by atoms with Gasteiger partial charge in [0.05, 0.1) is 30.0 Å². The Morgan fingerprint density at radius 3 is 2.80 bits per heavy atom. The summed E-state index contributed by atoms with van der Waals surface area (Å²) in [4.78, 5) is 28.5. The minimum atomic E-state index is -0.219. The summed E-state index contributed by atoms with van der Waals surface area (Å²) in [7, 11) is 0. The summed E-state index contributed by atoms with van der Waals surface area (Å²) in [5.74, 6) is 0.691. The predicted molar refractivity (Wildman–Crippen MR) is 118 cm³/mol. The number of hydrogen-bond donors (Lipinski definition) is 1. The molecular weight excluding hydrogens is 398 g/mol. The van der Waals surface area contributed by atoms with Crippen molar-refractivity contribution < 1.29 is 9.53 Å². The monoisotopic (exact) mass is 417 g/mol. The lowest BCUT2D eigenvalue weighted by molar-refractivity contribution is 0.102. The molecule has 3 aromatic heterocycles. The molecule has 0 unspecified atom stereocenters. The van der Waals surface area contributed by atoms with Crippen LogP contribution in [0.5, 0.6) is 0 Å². The Morgan fingerprint density at radius 1 is 1.07 bits per heavy atom. The molecule has 0 atom stereocenters. The van der Waals surface area contributed by atoms with Crippen LogP contribution >= 0.6 is 11.3 Å². The first-order chi connectivity index (χ1) is 14.8. The van der Waals surface area contributed by atoms with Gasteiger partial charge < -0.3 is 9.64 Å². The van der Waals surface area contributed by atoms with Crippen LogP contribution in [-0.4, -0.2) is 47.2 Å². The van der Waals surface area contributed by atoms with E-state index in [1.165, 1.54) is 11.3 Å².